The van der Waals surface area contributed by atoms with E-state index < -0.39 is 0 Å². The topological polar surface area (TPSA) is 71.0 Å². The Balaban J connectivity index is 1.25. The van der Waals surface area contributed by atoms with Crippen LogP contribution in [0.1, 0.15) is 92.4 Å². The second kappa shape index (κ2) is 9.89. The van der Waals surface area contributed by atoms with E-state index in [1.807, 2.05) is 13.0 Å². The molecule has 0 aromatic heterocycles. The van der Waals surface area contributed by atoms with Gasteiger partial charge in [0.25, 0.3) is 0 Å². The fourth-order valence-electron chi connectivity index (χ4n) is 9.24. The average molecular weight is 498 g/mol. The molecule has 2 unspecified atom stereocenters. The molecule has 6 heteroatoms. The maximum atomic E-state index is 12.8. The molecule has 0 bridgehead atoms. The highest BCUT2D eigenvalue weighted by molar-refractivity contribution is 5.91. The number of rotatable bonds is 5. The normalized spacial score (nSPS) is 42.3. The summed E-state index contributed by atoms with van der Waals surface area (Å²) in [7, 11) is 0. The van der Waals surface area contributed by atoms with Crippen LogP contribution in [0, 0.1) is 40.4 Å². The van der Waals surface area contributed by atoms with Gasteiger partial charge >= 0.3 is 6.09 Å². The van der Waals surface area contributed by atoms with Crippen molar-refractivity contribution in [1.82, 2.24) is 10.2 Å². The number of fused-ring (bicyclic) bond motifs is 5. The highest BCUT2D eigenvalue weighted by Crippen LogP contribution is 2.66. The first kappa shape index (κ1) is 25.9. The van der Waals surface area contributed by atoms with Crippen molar-refractivity contribution in [2.75, 3.05) is 19.6 Å². The Labute approximate surface area is 217 Å². The monoisotopic (exact) mass is 497 g/mol. The second-order valence-electron chi connectivity index (χ2n) is 13.2. The maximum absolute atomic E-state index is 12.8. The summed E-state index contributed by atoms with van der Waals surface area (Å²) >= 11 is 0. The van der Waals surface area contributed by atoms with Gasteiger partial charge in [-0.25, -0.2) is 4.79 Å². The molecular formula is C30H47N3O3. The molecule has 0 aromatic rings. The first-order valence-corrected chi connectivity index (χ1v) is 14.6. The van der Waals surface area contributed by atoms with Gasteiger partial charge in [0.2, 0.25) is 0 Å². The van der Waals surface area contributed by atoms with Crippen LogP contribution in [0.4, 0.5) is 4.79 Å². The third-order valence-corrected chi connectivity index (χ3v) is 11.3. The molecule has 5 aliphatic rings. The number of likely N-dealkylation sites (N-methyl/N-ethyl adjacent to an activating group) is 1. The molecule has 0 aromatic carbocycles. The van der Waals surface area contributed by atoms with Gasteiger partial charge in [0, 0.05) is 31.5 Å². The highest BCUT2D eigenvalue weighted by Gasteiger charge is 2.59. The van der Waals surface area contributed by atoms with E-state index >= 15 is 0 Å². The third kappa shape index (κ3) is 4.46. The van der Waals surface area contributed by atoms with Crippen LogP contribution >= 0.6 is 0 Å². The standard InChI is InChI=1S/C30H47N3O3/c1-6-33(18-22-15-19(2)17-31-22)28(35)36-32-20(3)25-9-10-26-24-8-7-21-16-23(34)11-13-29(21,4)27(24)12-14-30(25,26)5/h16,19,22,24-27,31H,6-15,17-18H2,1-5H3/b32-20+/t19?,22?,24-,25+,26-,27-,29-,30+/m0/s1. The molecule has 200 valence electrons. The highest BCUT2D eigenvalue weighted by atomic mass is 16.7. The summed E-state index contributed by atoms with van der Waals surface area (Å²) < 4.78 is 0. The molecule has 36 heavy (non-hydrogen) atoms. The summed E-state index contributed by atoms with van der Waals surface area (Å²) in [6.07, 6.45) is 11.6. The van der Waals surface area contributed by atoms with E-state index in [0.29, 0.717) is 48.6 Å². The van der Waals surface area contributed by atoms with Gasteiger partial charge in [-0.2, -0.15) is 0 Å². The molecule has 1 saturated heterocycles. The van der Waals surface area contributed by atoms with Gasteiger partial charge in [0.05, 0.1) is 5.71 Å². The first-order valence-electron chi connectivity index (χ1n) is 14.6. The van der Waals surface area contributed by atoms with E-state index in [1.165, 1.54) is 31.3 Å². The van der Waals surface area contributed by atoms with Crippen molar-refractivity contribution >= 4 is 17.6 Å². The predicted octanol–water partition coefficient (Wildman–Crippen LogP) is 5.97. The molecule has 4 aliphatic carbocycles. The minimum absolute atomic E-state index is 0.213. The Morgan fingerprint density at radius 1 is 1.17 bits per heavy atom. The summed E-state index contributed by atoms with van der Waals surface area (Å²) in [6, 6.07) is 0.345. The molecular weight excluding hydrogens is 450 g/mol. The SMILES string of the molecule is CCN(CC1CC(C)CN1)C(=O)O/N=C(\C)[C@H]1CC[C@H]2[C@@H]3CCC4=CC(=O)CC[C@]4(C)[C@H]3CC[C@]12C. The van der Waals surface area contributed by atoms with Crippen LogP contribution < -0.4 is 5.32 Å². The van der Waals surface area contributed by atoms with Crippen molar-refractivity contribution in [3.8, 4) is 0 Å². The van der Waals surface area contributed by atoms with Crippen molar-refractivity contribution in [2.45, 2.75) is 98.4 Å². The third-order valence-electron chi connectivity index (χ3n) is 11.3. The molecule has 8 atom stereocenters. The van der Waals surface area contributed by atoms with Crippen LogP contribution in [0.3, 0.4) is 0 Å². The molecule has 0 radical (unpaired) electrons. The minimum atomic E-state index is -0.326. The Morgan fingerprint density at radius 2 is 1.97 bits per heavy atom. The van der Waals surface area contributed by atoms with Crippen molar-refractivity contribution in [3.63, 3.8) is 0 Å². The second-order valence-corrected chi connectivity index (χ2v) is 13.2. The zero-order valence-electron chi connectivity index (χ0n) is 23.1. The Bertz CT molecular complexity index is 944. The molecule has 5 rings (SSSR count). The van der Waals surface area contributed by atoms with Crippen LogP contribution in [-0.2, 0) is 9.63 Å². The first-order chi connectivity index (χ1) is 17.2. The molecule has 3 saturated carbocycles. The van der Waals surface area contributed by atoms with Crippen LogP contribution in [0.15, 0.2) is 16.8 Å². The predicted molar refractivity (Wildman–Crippen MR) is 143 cm³/mol. The lowest BCUT2D eigenvalue weighted by molar-refractivity contribution is -0.117. The van der Waals surface area contributed by atoms with E-state index in [2.05, 4.69) is 38.2 Å². The Hall–Kier alpha value is -1.69. The number of hydrogen-bond donors (Lipinski definition) is 1. The zero-order valence-corrected chi connectivity index (χ0v) is 23.1. The summed E-state index contributed by atoms with van der Waals surface area (Å²) in [5.74, 6) is 3.49. The smallest absolute Gasteiger partial charge is 0.312 e. The average Bonchev–Trinajstić information content (AvgIpc) is 3.43. The summed E-state index contributed by atoms with van der Waals surface area (Å²) in [4.78, 5) is 32.3. The molecule has 0 spiro atoms. The summed E-state index contributed by atoms with van der Waals surface area (Å²) in [5, 5.41) is 7.96. The largest absolute Gasteiger partial charge is 0.436 e. The van der Waals surface area contributed by atoms with Crippen LogP contribution in [0.5, 0.6) is 0 Å². The quantitative estimate of drug-likeness (QED) is 0.289. The van der Waals surface area contributed by atoms with Gasteiger partial charge < -0.3 is 10.2 Å². The number of allylic oxidation sites excluding steroid dienone is 1. The number of nitrogens with one attached hydrogen (secondary N) is 1. The fourth-order valence-corrected chi connectivity index (χ4v) is 9.24. The molecule has 1 aliphatic heterocycles. The molecule has 1 heterocycles. The number of hydrogen-bond acceptors (Lipinski definition) is 5. The number of carbonyl (C=O) groups excluding carboxylic acids is 2. The van der Waals surface area contributed by atoms with Gasteiger partial charge in [-0.15, -0.1) is 0 Å². The number of nitrogens with zero attached hydrogens (tertiary/aromatic N) is 2. The van der Waals surface area contributed by atoms with Gasteiger partial charge in [-0.05, 0) is 112 Å². The fraction of sp³-hybridized carbons (Fsp3) is 0.833. The molecule has 4 fully saturated rings. The molecule has 1 amide bonds. The van der Waals surface area contributed by atoms with E-state index in [1.54, 1.807) is 4.90 Å². The van der Waals surface area contributed by atoms with Crippen molar-refractivity contribution in [1.29, 1.82) is 0 Å². The van der Waals surface area contributed by atoms with E-state index in [9.17, 15) is 9.59 Å². The number of oxime groups is 1. The van der Waals surface area contributed by atoms with Crippen molar-refractivity contribution in [2.24, 2.45) is 45.6 Å². The van der Waals surface area contributed by atoms with Crippen LogP contribution in [0.25, 0.3) is 0 Å². The number of carbonyl (C=O) groups is 2. The number of amides is 1. The molecule has 1 N–H and O–H groups in total. The van der Waals surface area contributed by atoms with E-state index in [-0.39, 0.29) is 16.9 Å². The Kier molecular flexibility index (Phi) is 7.12. The van der Waals surface area contributed by atoms with Gasteiger partial charge in [-0.1, -0.05) is 31.5 Å². The van der Waals surface area contributed by atoms with Crippen LogP contribution in [-0.4, -0.2) is 48.2 Å². The lowest BCUT2D eigenvalue weighted by Crippen LogP contribution is -2.51. The lowest BCUT2D eigenvalue weighted by atomic mass is 9.46. The van der Waals surface area contributed by atoms with Gasteiger partial charge in [0.1, 0.15) is 0 Å². The van der Waals surface area contributed by atoms with Gasteiger partial charge in [-0.3, -0.25) is 9.63 Å². The maximum Gasteiger partial charge on any atom is 0.436 e. The minimum Gasteiger partial charge on any atom is -0.312 e. The van der Waals surface area contributed by atoms with Gasteiger partial charge in [0.15, 0.2) is 5.78 Å². The summed E-state index contributed by atoms with van der Waals surface area (Å²) in [5.41, 5.74) is 2.86. The molecule has 6 nitrogen and oxygen atoms in total. The zero-order chi connectivity index (χ0) is 25.7. The van der Waals surface area contributed by atoms with Crippen molar-refractivity contribution < 1.29 is 14.4 Å². The summed E-state index contributed by atoms with van der Waals surface area (Å²) in [6.45, 7) is 13.6. The number of ketones is 1. The van der Waals surface area contributed by atoms with E-state index in [0.717, 1.165) is 50.3 Å². The van der Waals surface area contributed by atoms with Crippen molar-refractivity contribution in [3.05, 3.63) is 11.6 Å². The van der Waals surface area contributed by atoms with Crippen LogP contribution in [0.2, 0.25) is 0 Å². The van der Waals surface area contributed by atoms with E-state index in [4.69, 9.17) is 4.84 Å². The Morgan fingerprint density at radius 3 is 2.69 bits per heavy atom. The lowest BCUT2D eigenvalue weighted by Gasteiger charge is -2.58.